The maximum atomic E-state index is 14.6. The number of nitrogens with one attached hydrogen (secondary N) is 2. The van der Waals surface area contributed by atoms with E-state index in [9.17, 15) is 14.0 Å². The van der Waals surface area contributed by atoms with Crippen LogP contribution in [0.3, 0.4) is 0 Å². The minimum Gasteiger partial charge on any atom is -0.365 e. The summed E-state index contributed by atoms with van der Waals surface area (Å²) in [7, 11) is 0. The average Bonchev–Trinajstić information content (AvgIpc) is 2.78. The first kappa shape index (κ1) is 17.4. The highest BCUT2D eigenvalue weighted by atomic mass is 19.1. The molecular formula is C22H25FN6O2. The number of fused-ring (bicyclic) bond motifs is 1. The zero-order valence-electron chi connectivity index (χ0n) is 20.1. The highest BCUT2D eigenvalue weighted by molar-refractivity contribution is 5.92. The molecule has 4 rings (SSSR count). The lowest BCUT2D eigenvalue weighted by Crippen LogP contribution is -2.46. The van der Waals surface area contributed by atoms with Crippen LogP contribution in [0.4, 0.5) is 10.1 Å². The van der Waals surface area contributed by atoms with Gasteiger partial charge in [-0.25, -0.2) is 4.98 Å². The van der Waals surface area contributed by atoms with E-state index in [0.29, 0.717) is 50.2 Å². The normalized spacial score (nSPS) is 16.6. The molecule has 1 fully saturated rings. The number of carbonyl (C=O) groups is 1. The summed E-state index contributed by atoms with van der Waals surface area (Å²) in [4.78, 5) is 39.1. The summed E-state index contributed by atoms with van der Waals surface area (Å²) in [6.45, 7) is 2.35. The molecule has 0 spiro atoms. The number of anilines is 1. The van der Waals surface area contributed by atoms with Crippen molar-refractivity contribution in [1.82, 2.24) is 25.2 Å². The van der Waals surface area contributed by atoms with Crippen LogP contribution in [0.5, 0.6) is 0 Å². The molecule has 9 heteroatoms. The van der Waals surface area contributed by atoms with Gasteiger partial charge in [-0.1, -0.05) is 6.92 Å². The summed E-state index contributed by atoms with van der Waals surface area (Å²) in [6, 6.07) is 6.51. The molecule has 0 aromatic carbocycles. The fourth-order valence-corrected chi connectivity index (χ4v) is 3.77. The molecule has 2 N–H and O–H groups in total. The van der Waals surface area contributed by atoms with Crippen LogP contribution in [0, 0.1) is 5.95 Å². The molecule has 8 nitrogen and oxygen atoms in total. The molecule has 1 aliphatic rings. The van der Waals surface area contributed by atoms with E-state index in [0.717, 1.165) is 11.1 Å². The monoisotopic (exact) mass is 427 g/mol. The van der Waals surface area contributed by atoms with E-state index in [-0.39, 0.29) is 16.9 Å². The largest absolute Gasteiger partial charge is 0.365 e. The Hall–Kier alpha value is -3.33. The van der Waals surface area contributed by atoms with Crippen molar-refractivity contribution in [2.24, 2.45) is 0 Å². The predicted molar refractivity (Wildman–Crippen MR) is 117 cm³/mol. The van der Waals surface area contributed by atoms with Crippen molar-refractivity contribution < 1.29 is 13.3 Å². The summed E-state index contributed by atoms with van der Waals surface area (Å²) in [5.41, 5.74) is 3.01. The highest BCUT2D eigenvalue weighted by Crippen LogP contribution is 2.21. The van der Waals surface area contributed by atoms with Crippen molar-refractivity contribution in [3.63, 3.8) is 0 Å². The zero-order valence-corrected chi connectivity index (χ0v) is 17.1. The Bertz CT molecular complexity index is 1270. The van der Waals surface area contributed by atoms with Gasteiger partial charge in [0.1, 0.15) is 5.69 Å². The Morgan fingerprint density at radius 1 is 1.29 bits per heavy atom. The minimum absolute atomic E-state index is 0.0971. The predicted octanol–water partition coefficient (Wildman–Crippen LogP) is 1.70. The van der Waals surface area contributed by atoms with E-state index >= 15 is 0 Å². The van der Waals surface area contributed by atoms with E-state index in [4.69, 9.17) is 4.11 Å². The summed E-state index contributed by atoms with van der Waals surface area (Å²) in [5, 5.41) is 1.80. The van der Waals surface area contributed by atoms with Crippen molar-refractivity contribution in [3.8, 4) is 0 Å². The van der Waals surface area contributed by atoms with Gasteiger partial charge >= 0.3 is 0 Å². The Kier molecular flexibility index (Phi) is 4.93. The van der Waals surface area contributed by atoms with Gasteiger partial charge in [0.2, 0.25) is 5.95 Å². The minimum atomic E-state index is -2.67. The molecule has 1 amide bonds. The van der Waals surface area contributed by atoms with Crippen LogP contribution in [-0.2, 0) is 13.0 Å². The Balaban J connectivity index is 1.39. The lowest BCUT2D eigenvalue weighted by molar-refractivity contribution is 0.0957. The number of pyridine rings is 3. The first-order chi connectivity index (χ1) is 16.1. The molecule has 1 saturated heterocycles. The molecule has 4 heterocycles. The Labute approximate surface area is 183 Å². The van der Waals surface area contributed by atoms with E-state index in [2.05, 4.69) is 19.9 Å². The third kappa shape index (κ3) is 4.41. The lowest BCUT2D eigenvalue weighted by Gasteiger charge is -2.36. The summed E-state index contributed by atoms with van der Waals surface area (Å²) in [5.74, 6) is -1.77. The Morgan fingerprint density at radius 3 is 2.81 bits per heavy atom. The first-order valence-corrected chi connectivity index (χ1v) is 10.1. The van der Waals surface area contributed by atoms with Crippen LogP contribution in [0.25, 0.3) is 11.0 Å². The summed E-state index contributed by atoms with van der Waals surface area (Å²) >= 11 is 0. The van der Waals surface area contributed by atoms with E-state index in [1.807, 2.05) is 24.0 Å². The molecule has 0 atom stereocenters. The number of piperazine rings is 1. The molecule has 0 saturated carbocycles. The molecule has 3 aromatic rings. The van der Waals surface area contributed by atoms with Crippen LogP contribution in [0.15, 0.2) is 35.3 Å². The van der Waals surface area contributed by atoms with Gasteiger partial charge in [-0.3, -0.25) is 19.5 Å². The number of carbonyl (C=O) groups excluding carboxylic acids is 1. The van der Waals surface area contributed by atoms with Crippen molar-refractivity contribution >= 4 is 22.6 Å². The van der Waals surface area contributed by atoms with Crippen LogP contribution in [0.2, 0.25) is 0 Å². The first-order valence-electron chi connectivity index (χ1n) is 11.6. The fourth-order valence-electron chi connectivity index (χ4n) is 3.77. The molecule has 31 heavy (non-hydrogen) atoms. The second kappa shape index (κ2) is 8.81. The standard InChI is InChI=1S/C22H25FN6O2/c1-3-15-11-17-18(27-21(15)30)10-14(12-25-17)13-28-6-8-29(9-7-28)19-5-4-16(22(31)24-2)26-20(19)23/h4-5,10-12H,3,6-9,13H2,1-2H3,(H,24,31)(H,27,30)/i2D3. The number of hydrogen-bond donors (Lipinski definition) is 2. The number of amides is 1. The lowest BCUT2D eigenvalue weighted by atomic mass is 10.1. The number of aromatic amines is 1. The molecule has 0 radical (unpaired) electrons. The van der Waals surface area contributed by atoms with Gasteiger partial charge in [-0.05, 0) is 36.2 Å². The van der Waals surface area contributed by atoms with Gasteiger partial charge in [-0.15, -0.1) is 0 Å². The summed E-state index contributed by atoms with van der Waals surface area (Å²) in [6.07, 6.45) is 2.45. The number of hydrogen-bond acceptors (Lipinski definition) is 6. The van der Waals surface area contributed by atoms with Gasteiger partial charge in [0.05, 0.1) is 16.7 Å². The highest BCUT2D eigenvalue weighted by Gasteiger charge is 2.21. The van der Waals surface area contributed by atoms with Gasteiger partial charge < -0.3 is 15.2 Å². The number of aryl methyl sites for hydroxylation is 1. The fraction of sp³-hybridized carbons (Fsp3) is 0.364. The summed E-state index contributed by atoms with van der Waals surface area (Å²) < 4.78 is 35.8. The molecular weight excluding hydrogens is 399 g/mol. The maximum absolute atomic E-state index is 14.6. The SMILES string of the molecule is [2H]C([2H])([2H])NC(=O)c1ccc(N2CCN(Cc3cnc4cc(CC)c(=O)[nH]c4c3)CC2)c(F)n1. The second-order valence-electron chi connectivity index (χ2n) is 7.48. The number of aromatic nitrogens is 3. The molecule has 3 aromatic heterocycles. The number of H-pyrrole nitrogens is 1. The van der Waals surface area contributed by atoms with E-state index in [1.165, 1.54) is 12.1 Å². The van der Waals surface area contributed by atoms with Crippen molar-refractivity contribution in [3.05, 3.63) is 63.6 Å². The van der Waals surface area contributed by atoms with Crippen molar-refractivity contribution in [2.75, 3.05) is 38.1 Å². The van der Waals surface area contributed by atoms with Crippen LogP contribution >= 0.6 is 0 Å². The van der Waals surface area contributed by atoms with E-state index in [1.54, 1.807) is 11.5 Å². The topological polar surface area (TPSA) is 94.2 Å². The average molecular weight is 427 g/mol. The molecule has 162 valence electrons. The third-order valence-electron chi connectivity index (χ3n) is 5.50. The van der Waals surface area contributed by atoms with E-state index < -0.39 is 18.8 Å². The van der Waals surface area contributed by atoms with Crippen LogP contribution in [-0.4, -0.2) is 58.9 Å². The van der Waals surface area contributed by atoms with Gasteiger partial charge in [0, 0.05) is 55.6 Å². The maximum Gasteiger partial charge on any atom is 0.269 e. The van der Waals surface area contributed by atoms with Crippen LogP contribution in [0.1, 0.15) is 32.7 Å². The quantitative estimate of drug-likeness (QED) is 0.602. The molecule has 0 aliphatic carbocycles. The van der Waals surface area contributed by atoms with Crippen molar-refractivity contribution in [1.29, 1.82) is 0 Å². The Morgan fingerprint density at radius 2 is 2.10 bits per heavy atom. The smallest absolute Gasteiger partial charge is 0.269 e. The molecule has 0 bridgehead atoms. The molecule has 1 aliphatic heterocycles. The number of halogens is 1. The third-order valence-corrected chi connectivity index (χ3v) is 5.50. The molecule has 0 unspecified atom stereocenters. The van der Waals surface area contributed by atoms with Gasteiger partial charge in [0.15, 0.2) is 0 Å². The van der Waals surface area contributed by atoms with Gasteiger partial charge in [-0.2, -0.15) is 4.39 Å². The zero-order chi connectivity index (χ0) is 24.5. The second-order valence-corrected chi connectivity index (χ2v) is 7.48. The van der Waals surface area contributed by atoms with Crippen molar-refractivity contribution in [2.45, 2.75) is 19.9 Å². The van der Waals surface area contributed by atoms with Crippen LogP contribution < -0.4 is 15.8 Å². The number of rotatable bonds is 5. The van der Waals surface area contributed by atoms with Gasteiger partial charge in [0.25, 0.3) is 11.5 Å². The number of nitrogens with zero attached hydrogens (tertiary/aromatic N) is 4.